The van der Waals surface area contributed by atoms with Crippen LogP contribution in [-0.4, -0.2) is 23.2 Å². The first kappa shape index (κ1) is 12.0. The maximum absolute atomic E-state index is 13.5. The van der Waals surface area contributed by atoms with Crippen LogP contribution in [0.25, 0.3) is 0 Å². The molecule has 1 N–H and O–H groups in total. The summed E-state index contributed by atoms with van der Waals surface area (Å²) < 4.78 is 28.7. The number of nitrogens with one attached hydrogen (secondary N) is 1. The Morgan fingerprint density at radius 2 is 2.29 bits per heavy atom. The molecule has 14 heavy (non-hydrogen) atoms. The average molecular weight is 277 g/mol. The van der Waals surface area contributed by atoms with Crippen molar-refractivity contribution in [1.82, 2.24) is 5.32 Å². The summed E-state index contributed by atoms with van der Waals surface area (Å²) in [6.07, 6.45) is 2.83. The summed E-state index contributed by atoms with van der Waals surface area (Å²) in [6, 6.07) is 0. The SMILES string of the molecule is [CH-]=C/C(=C\[CH]=[Nb])[C@H]1CNCCC1(F)F. The first-order valence-corrected chi connectivity index (χ1v) is 5.70. The van der Waals surface area contributed by atoms with Crippen molar-refractivity contribution in [2.45, 2.75) is 12.3 Å². The van der Waals surface area contributed by atoms with Gasteiger partial charge in [0.25, 0.3) is 0 Å². The number of allylic oxidation sites excluding steroid dienone is 2. The zero-order valence-electron chi connectivity index (χ0n) is 7.71. The van der Waals surface area contributed by atoms with Crippen LogP contribution in [0.3, 0.4) is 0 Å². The minimum absolute atomic E-state index is 0.114. The van der Waals surface area contributed by atoms with Gasteiger partial charge in [0.05, 0.1) is 0 Å². The molecule has 0 saturated carbocycles. The molecule has 0 aromatic carbocycles. The summed E-state index contributed by atoms with van der Waals surface area (Å²) in [7, 11) is 0. The zero-order chi connectivity index (χ0) is 10.6. The van der Waals surface area contributed by atoms with Crippen molar-refractivity contribution in [1.29, 1.82) is 0 Å². The van der Waals surface area contributed by atoms with E-state index in [9.17, 15) is 8.78 Å². The van der Waals surface area contributed by atoms with E-state index in [4.69, 9.17) is 6.58 Å². The Labute approximate surface area is 94.7 Å². The van der Waals surface area contributed by atoms with Gasteiger partial charge in [-0.15, -0.1) is 0 Å². The molecule has 1 nitrogen and oxygen atoms in total. The first-order chi connectivity index (χ1) is 6.61. The Kier molecular flexibility index (Phi) is 4.38. The van der Waals surface area contributed by atoms with E-state index in [0.717, 1.165) is 0 Å². The molecule has 0 aliphatic carbocycles. The van der Waals surface area contributed by atoms with Gasteiger partial charge in [-0.25, -0.2) is 0 Å². The number of rotatable bonds is 3. The van der Waals surface area contributed by atoms with Crippen molar-refractivity contribution in [3.63, 3.8) is 0 Å². The monoisotopic (exact) mass is 277 g/mol. The van der Waals surface area contributed by atoms with E-state index in [2.05, 4.69) is 5.32 Å². The van der Waals surface area contributed by atoms with Gasteiger partial charge in [0.1, 0.15) is 0 Å². The van der Waals surface area contributed by atoms with Crippen LogP contribution in [0.1, 0.15) is 6.42 Å². The fourth-order valence-electron chi connectivity index (χ4n) is 1.56. The summed E-state index contributed by atoms with van der Waals surface area (Å²) in [5.41, 5.74) is 0.517. The van der Waals surface area contributed by atoms with Gasteiger partial charge in [-0.1, -0.05) is 0 Å². The second-order valence-electron chi connectivity index (χ2n) is 3.25. The van der Waals surface area contributed by atoms with E-state index in [0.29, 0.717) is 18.7 Å². The number of hydrogen-bond acceptors (Lipinski definition) is 1. The topological polar surface area (TPSA) is 12.0 Å². The first-order valence-electron chi connectivity index (χ1n) is 4.43. The molecule has 1 fully saturated rings. The zero-order valence-corrected chi connectivity index (χ0v) is 9.91. The Morgan fingerprint density at radius 1 is 1.57 bits per heavy atom. The maximum atomic E-state index is 13.5. The van der Waals surface area contributed by atoms with Crippen molar-refractivity contribution in [3.05, 3.63) is 24.3 Å². The summed E-state index contributed by atoms with van der Waals surface area (Å²) in [4.78, 5) is 0. The molecule has 1 saturated heterocycles. The summed E-state index contributed by atoms with van der Waals surface area (Å²) >= 11 is 1.45. The minimum atomic E-state index is -2.64. The van der Waals surface area contributed by atoms with Crippen LogP contribution in [0.4, 0.5) is 8.78 Å². The standard InChI is InChI=1S/C10H12F2N.Nb/c1-3-8(4-2)9-7-13-6-5-10(9,11)12;/h1-4,9,13H,5-7H2;/q-1;/b8-3+;/t9-;/m1./s1. The van der Waals surface area contributed by atoms with E-state index < -0.39 is 11.8 Å². The molecule has 0 spiro atoms. The van der Waals surface area contributed by atoms with Crippen LogP contribution in [0.15, 0.2) is 17.7 Å². The number of alkyl halides is 2. The van der Waals surface area contributed by atoms with Gasteiger partial charge in [0, 0.05) is 0 Å². The van der Waals surface area contributed by atoms with Crippen LogP contribution < -0.4 is 5.32 Å². The molecule has 1 heterocycles. The van der Waals surface area contributed by atoms with Crippen LogP contribution in [0.5, 0.6) is 0 Å². The van der Waals surface area contributed by atoms with Gasteiger partial charge >= 0.3 is 94.6 Å². The molecule has 77 valence electrons. The van der Waals surface area contributed by atoms with Crippen molar-refractivity contribution in [3.8, 4) is 0 Å². The van der Waals surface area contributed by atoms with Gasteiger partial charge in [0.15, 0.2) is 0 Å². The molecule has 1 aliphatic heterocycles. The third-order valence-electron chi connectivity index (χ3n) is 2.36. The molecule has 0 bridgehead atoms. The van der Waals surface area contributed by atoms with E-state index in [-0.39, 0.29) is 6.42 Å². The number of halogens is 2. The van der Waals surface area contributed by atoms with E-state index in [1.54, 1.807) is 10.3 Å². The van der Waals surface area contributed by atoms with Gasteiger partial charge in [-0.05, 0) is 0 Å². The van der Waals surface area contributed by atoms with Gasteiger partial charge in [-0.2, -0.15) is 0 Å². The Bertz CT molecular complexity index is 261. The molecule has 0 amide bonds. The second kappa shape index (κ2) is 5.12. The summed E-state index contributed by atoms with van der Waals surface area (Å²) in [5, 5.41) is 2.96. The molecule has 1 rings (SSSR count). The van der Waals surface area contributed by atoms with Crippen molar-refractivity contribution in [2.24, 2.45) is 5.92 Å². The van der Waals surface area contributed by atoms with E-state index in [1.807, 2.05) is 0 Å². The van der Waals surface area contributed by atoms with Crippen LogP contribution in [0.2, 0.25) is 0 Å². The Hall–Kier alpha value is -0.0897. The van der Waals surface area contributed by atoms with Crippen LogP contribution >= 0.6 is 0 Å². The number of hydrogen-bond donors (Lipinski definition) is 1. The fraction of sp³-hybridized carbons (Fsp3) is 0.500. The quantitative estimate of drug-likeness (QED) is 0.468. The van der Waals surface area contributed by atoms with Crippen molar-refractivity contribution >= 4 is 4.23 Å². The van der Waals surface area contributed by atoms with Crippen LogP contribution in [0, 0.1) is 12.5 Å². The predicted octanol–water partition coefficient (Wildman–Crippen LogP) is 1.50. The van der Waals surface area contributed by atoms with Gasteiger partial charge in [-0.3, -0.25) is 0 Å². The van der Waals surface area contributed by atoms with E-state index >= 15 is 0 Å². The summed E-state index contributed by atoms with van der Waals surface area (Å²) in [5.74, 6) is -3.42. The Morgan fingerprint density at radius 3 is 2.79 bits per heavy atom. The molecule has 1 aliphatic rings. The molecule has 1 atom stereocenters. The molecule has 0 radical (unpaired) electrons. The van der Waals surface area contributed by atoms with E-state index in [1.165, 1.54) is 26.7 Å². The molecule has 0 unspecified atom stereocenters. The van der Waals surface area contributed by atoms with Crippen molar-refractivity contribution < 1.29 is 29.4 Å². The molecule has 4 heteroatoms. The average Bonchev–Trinajstić information content (AvgIpc) is 2.14. The third kappa shape index (κ3) is 2.70. The molecular weight excluding hydrogens is 265 g/mol. The molecular formula is C10H12F2NNb-. The Balaban J connectivity index is 2.87. The van der Waals surface area contributed by atoms with Gasteiger partial charge < -0.3 is 0 Å². The number of piperidine rings is 1. The predicted molar refractivity (Wildman–Crippen MR) is 48.9 cm³/mol. The van der Waals surface area contributed by atoms with Crippen LogP contribution in [-0.2, 0) is 20.6 Å². The van der Waals surface area contributed by atoms with Crippen molar-refractivity contribution in [2.75, 3.05) is 13.1 Å². The molecule has 0 aromatic heterocycles. The third-order valence-corrected chi connectivity index (χ3v) is 2.72. The normalized spacial score (nSPS) is 26.9. The van der Waals surface area contributed by atoms with Gasteiger partial charge in [0.2, 0.25) is 0 Å². The fourth-order valence-corrected chi connectivity index (χ4v) is 1.98. The second-order valence-corrected chi connectivity index (χ2v) is 3.98. The molecule has 0 aromatic rings. The summed E-state index contributed by atoms with van der Waals surface area (Å²) in [6.45, 7) is 6.01.